The minimum Gasteiger partial charge on any atom is -0.356 e. The number of hydrogen-bond acceptors (Lipinski definition) is 3. The van der Waals surface area contributed by atoms with Gasteiger partial charge in [-0.2, -0.15) is 0 Å². The largest absolute Gasteiger partial charge is 0.356 e. The Morgan fingerprint density at radius 2 is 1.83 bits per heavy atom. The summed E-state index contributed by atoms with van der Waals surface area (Å²) in [6.07, 6.45) is 8.07. The average Bonchev–Trinajstić information content (AvgIpc) is 3.43. The van der Waals surface area contributed by atoms with Gasteiger partial charge in [-0.3, -0.25) is 14.8 Å². The zero-order chi connectivity index (χ0) is 20.1. The van der Waals surface area contributed by atoms with Crippen molar-refractivity contribution in [3.8, 4) is 0 Å². The van der Waals surface area contributed by atoms with Gasteiger partial charge < -0.3 is 10.2 Å². The van der Waals surface area contributed by atoms with E-state index in [9.17, 15) is 4.39 Å². The predicted molar refractivity (Wildman–Crippen MR) is 132 cm³/mol. The van der Waals surface area contributed by atoms with Gasteiger partial charge in [0.1, 0.15) is 5.82 Å². The first-order valence-corrected chi connectivity index (χ1v) is 11.0. The summed E-state index contributed by atoms with van der Waals surface area (Å²) in [4.78, 5) is 11.9. The second-order valence-corrected chi connectivity index (χ2v) is 8.55. The van der Waals surface area contributed by atoms with Crippen molar-refractivity contribution < 1.29 is 4.39 Å². The maximum absolute atomic E-state index is 13.9. The fourth-order valence-corrected chi connectivity index (χ4v) is 4.81. The van der Waals surface area contributed by atoms with E-state index in [1.807, 2.05) is 19.2 Å². The second kappa shape index (κ2) is 11.4. The van der Waals surface area contributed by atoms with Gasteiger partial charge in [0.15, 0.2) is 5.96 Å². The Labute approximate surface area is 197 Å². The molecule has 0 amide bonds. The normalized spacial score (nSPS) is 23.7. The predicted octanol–water partition coefficient (Wildman–Crippen LogP) is 3.18. The third kappa shape index (κ3) is 5.95. The minimum atomic E-state index is -0.0891. The zero-order valence-electron chi connectivity index (χ0n) is 18.0. The Morgan fingerprint density at radius 1 is 1.10 bits per heavy atom. The van der Waals surface area contributed by atoms with Crippen LogP contribution in [0.2, 0.25) is 0 Å². The van der Waals surface area contributed by atoms with Crippen LogP contribution in [0.5, 0.6) is 0 Å². The molecule has 5 nitrogen and oxygen atoms in total. The molecule has 3 heterocycles. The molecular weight excluding hydrogens is 492 g/mol. The molecule has 4 rings (SSSR count). The number of nitrogens with one attached hydrogen (secondary N) is 1. The van der Waals surface area contributed by atoms with Gasteiger partial charge in [-0.15, -0.1) is 24.0 Å². The van der Waals surface area contributed by atoms with Crippen LogP contribution in [0, 0.1) is 11.7 Å². The van der Waals surface area contributed by atoms with Crippen LogP contribution in [0.4, 0.5) is 4.39 Å². The van der Waals surface area contributed by atoms with Gasteiger partial charge in [-0.25, -0.2) is 4.39 Å². The molecule has 3 aliphatic rings. The monoisotopic (exact) mass is 527 g/mol. The van der Waals surface area contributed by atoms with Crippen LogP contribution >= 0.6 is 24.0 Å². The number of hydrogen-bond donors (Lipinski definition) is 1. The lowest BCUT2D eigenvalue weighted by molar-refractivity contribution is 0.176. The fourth-order valence-electron chi connectivity index (χ4n) is 4.81. The molecule has 3 aliphatic heterocycles. The highest BCUT2D eigenvalue weighted by atomic mass is 127. The Morgan fingerprint density at radius 3 is 2.53 bits per heavy atom. The quantitative estimate of drug-likeness (QED) is 0.276. The number of nitrogens with zero attached hydrogens (tertiary/aromatic N) is 4. The van der Waals surface area contributed by atoms with Crippen molar-refractivity contribution in [3.63, 3.8) is 0 Å². The maximum atomic E-state index is 13.9. The number of guanidine groups is 1. The first-order valence-electron chi connectivity index (χ1n) is 11.0. The van der Waals surface area contributed by atoms with Crippen LogP contribution in [0.15, 0.2) is 41.4 Å². The Balaban J connectivity index is 0.00000256. The minimum absolute atomic E-state index is 0. The number of benzene rings is 1. The summed E-state index contributed by atoms with van der Waals surface area (Å²) in [5.74, 6) is 1.62. The number of aliphatic imine (C=N–C) groups is 1. The Bertz CT molecular complexity index is 724. The molecule has 1 aromatic carbocycles. The van der Waals surface area contributed by atoms with E-state index in [1.165, 1.54) is 6.42 Å². The number of piperidine rings is 1. The van der Waals surface area contributed by atoms with E-state index >= 15 is 0 Å². The highest BCUT2D eigenvalue weighted by Crippen LogP contribution is 2.21. The lowest BCUT2D eigenvalue weighted by Gasteiger charge is -2.33. The van der Waals surface area contributed by atoms with E-state index in [0.717, 1.165) is 76.7 Å². The standard InChI is InChI=1S/C23H34FN5.HI/c1-25-23(29-15-10-21(18-29)28-11-4-5-12-28)26-16-19-8-13-27(14-9-19)17-20-6-2-3-7-22(20)24;/h2-7,19,21H,8-18H2,1H3,(H,25,26);1H. The molecule has 1 N–H and O–H groups in total. The van der Waals surface area contributed by atoms with E-state index in [0.29, 0.717) is 12.0 Å². The molecule has 0 radical (unpaired) electrons. The molecule has 0 spiro atoms. The van der Waals surface area contributed by atoms with Crippen LogP contribution in [0.1, 0.15) is 24.8 Å². The van der Waals surface area contributed by atoms with Gasteiger partial charge in [0.25, 0.3) is 0 Å². The van der Waals surface area contributed by atoms with Crippen molar-refractivity contribution in [1.82, 2.24) is 20.0 Å². The van der Waals surface area contributed by atoms with Gasteiger partial charge in [0.2, 0.25) is 0 Å². The Hall–Kier alpha value is -1.19. The molecule has 2 saturated heterocycles. The van der Waals surface area contributed by atoms with Crippen molar-refractivity contribution in [1.29, 1.82) is 0 Å². The highest BCUT2D eigenvalue weighted by Gasteiger charge is 2.30. The average molecular weight is 527 g/mol. The number of likely N-dealkylation sites (tertiary alicyclic amines) is 2. The molecule has 166 valence electrons. The molecule has 2 fully saturated rings. The van der Waals surface area contributed by atoms with Gasteiger partial charge in [-0.05, 0) is 44.3 Å². The number of rotatable bonds is 5. The van der Waals surface area contributed by atoms with Gasteiger partial charge in [0.05, 0.1) is 0 Å². The molecule has 1 unspecified atom stereocenters. The van der Waals surface area contributed by atoms with Crippen molar-refractivity contribution in [2.24, 2.45) is 10.9 Å². The van der Waals surface area contributed by atoms with E-state index < -0.39 is 0 Å². The molecule has 0 aromatic heterocycles. The van der Waals surface area contributed by atoms with E-state index in [1.54, 1.807) is 12.1 Å². The third-order valence-electron chi connectivity index (χ3n) is 6.65. The van der Waals surface area contributed by atoms with E-state index in [4.69, 9.17) is 0 Å². The summed E-state index contributed by atoms with van der Waals surface area (Å²) >= 11 is 0. The van der Waals surface area contributed by atoms with Gasteiger partial charge >= 0.3 is 0 Å². The molecule has 7 heteroatoms. The SMILES string of the molecule is CN=C(NCC1CCN(Cc2ccccc2F)CC1)N1CCC(N2CC=CC2)C1.I. The van der Waals surface area contributed by atoms with Crippen molar-refractivity contribution in [2.45, 2.75) is 31.8 Å². The molecule has 30 heavy (non-hydrogen) atoms. The van der Waals surface area contributed by atoms with Crippen molar-refractivity contribution in [2.75, 3.05) is 52.9 Å². The molecule has 0 saturated carbocycles. The molecule has 0 bridgehead atoms. The van der Waals surface area contributed by atoms with Gasteiger partial charge in [-0.1, -0.05) is 30.4 Å². The summed E-state index contributed by atoms with van der Waals surface area (Å²) in [5, 5.41) is 3.63. The van der Waals surface area contributed by atoms with E-state index in [-0.39, 0.29) is 29.8 Å². The van der Waals surface area contributed by atoms with Crippen LogP contribution < -0.4 is 5.32 Å². The second-order valence-electron chi connectivity index (χ2n) is 8.55. The summed E-state index contributed by atoms with van der Waals surface area (Å²) in [6.45, 7) is 8.11. The third-order valence-corrected chi connectivity index (χ3v) is 6.65. The van der Waals surface area contributed by atoms with Crippen molar-refractivity contribution in [3.05, 3.63) is 47.8 Å². The zero-order valence-corrected chi connectivity index (χ0v) is 20.3. The van der Waals surface area contributed by atoms with E-state index in [2.05, 4.69) is 37.2 Å². The number of halogens is 2. The maximum Gasteiger partial charge on any atom is 0.193 e. The summed E-state index contributed by atoms with van der Waals surface area (Å²) in [6, 6.07) is 7.78. The van der Waals surface area contributed by atoms with Crippen LogP contribution in [-0.4, -0.2) is 79.6 Å². The van der Waals surface area contributed by atoms with Crippen LogP contribution in [0.3, 0.4) is 0 Å². The topological polar surface area (TPSA) is 34.1 Å². The fraction of sp³-hybridized carbons (Fsp3) is 0.609. The molecular formula is C23H35FIN5. The summed E-state index contributed by atoms with van der Waals surface area (Å²) in [5.41, 5.74) is 0.807. The Kier molecular flexibility index (Phi) is 8.95. The molecule has 1 aromatic rings. The highest BCUT2D eigenvalue weighted by molar-refractivity contribution is 14.0. The molecule has 1 atom stereocenters. The summed E-state index contributed by atoms with van der Waals surface area (Å²) in [7, 11) is 1.89. The van der Waals surface area contributed by atoms with Crippen molar-refractivity contribution >= 4 is 29.9 Å². The first kappa shape index (κ1) is 23.5. The lowest BCUT2D eigenvalue weighted by Crippen LogP contribution is -2.45. The van der Waals surface area contributed by atoms with Gasteiger partial charge in [0, 0.05) is 57.9 Å². The smallest absolute Gasteiger partial charge is 0.193 e. The first-order chi connectivity index (χ1) is 14.2. The van der Waals surface area contributed by atoms with Crippen LogP contribution in [0.25, 0.3) is 0 Å². The van der Waals surface area contributed by atoms with Crippen LogP contribution in [-0.2, 0) is 6.54 Å². The lowest BCUT2D eigenvalue weighted by atomic mass is 9.96. The molecule has 0 aliphatic carbocycles. The summed E-state index contributed by atoms with van der Waals surface area (Å²) < 4.78 is 13.9.